The van der Waals surface area contributed by atoms with Crippen LogP contribution in [0.4, 0.5) is 0 Å². The fraction of sp³-hybridized carbons (Fsp3) is 0.0800. The van der Waals surface area contributed by atoms with E-state index in [1.54, 1.807) is 32.1 Å². The average molecular weight is 448 g/mol. The van der Waals surface area contributed by atoms with Gasteiger partial charge in [-0.05, 0) is 65.6 Å². The van der Waals surface area contributed by atoms with Crippen molar-refractivity contribution in [3.8, 4) is 5.75 Å². The standard InChI is InChI=1S/C25H21NO5S/c1-17-13-22(11-9-19-8-10-20-5-3-4-6-21(20)15-19)26(25(28)14-17)31-32(29,30)23-12-7-18(2)24(27)16-23/h3-16,27H,1-2H3. The van der Waals surface area contributed by atoms with E-state index in [1.165, 1.54) is 18.2 Å². The van der Waals surface area contributed by atoms with Crippen molar-refractivity contribution in [2.45, 2.75) is 18.7 Å². The van der Waals surface area contributed by atoms with Crippen molar-refractivity contribution in [3.63, 3.8) is 0 Å². The summed E-state index contributed by atoms with van der Waals surface area (Å²) in [6.07, 6.45) is 3.41. The monoisotopic (exact) mass is 447 g/mol. The molecule has 0 spiro atoms. The van der Waals surface area contributed by atoms with Crippen LogP contribution in [0.3, 0.4) is 0 Å². The minimum atomic E-state index is -4.35. The van der Waals surface area contributed by atoms with Gasteiger partial charge in [-0.3, -0.25) is 9.08 Å². The molecular formula is C25H21NO5S. The van der Waals surface area contributed by atoms with E-state index < -0.39 is 15.7 Å². The highest BCUT2D eigenvalue weighted by atomic mass is 32.2. The Morgan fingerprint density at radius 3 is 2.38 bits per heavy atom. The van der Waals surface area contributed by atoms with Crippen molar-refractivity contribution in [1.29, 1.82) is 0 Å². The first-order valence-electron chi connectivity index (χ1n) is 9.88. The van der Waals surface area contributed by atoms with Gasteiger partial charge in [-0.25, -0.2) is 0 Å². The number of aromatic hydroxyl groups is 1. The maximum Gasteiger partial charge on any atom is 0.357 e. The van der Waals surface area contributed by atoms with E-state index in [2.05, 4.69) is 0 Å². The number of hydrogen-bond donors (Lipinski definition) is 1. The van der Waals surface area contributed by atoms with Gasteiger partial charge < -0.3 is 5.11 Å². The van der Waals surface area contributed by atoms with Gasteiger partial charge in [0.15, 0.2) is 0 Å². The lowest BCUT2D eigenvalue weighted by Crippen LogP contribution is -2.32. The van der Waals surface area contributed by atoms with Crippen LogP contribution in [-0.2, 0) is 10.1 Å². The molecule has 0 amide bonds. The normalized spacial score (nSPS) is 11.8. The first-order valence-corrected chi connectivity index (χ1v) is 11.3. The third-order valence-corrected chi connectivity index (χ3v) is 6.20. The van der Waals surface area contributed by atoms with Crippen LogP contribution in [-0.4, -0.2) is 18.3 Å². The summed E-state index contributed by atoms with van der Waals surface area (Å²) in [5.41, 5.74) is 1.72. The van der Waals surface area contributed by atoms with Crippen molar-refractivity contribution >= 4 is 33.0 Å². The average Bonchev–Trinajstić information content (AvgIpc) is 2.76. The molecule has 0 unspecified atom stereocenters. The number of aryl methyl sites for hydroxylation is 2. The van der Waals surface area contributed by atoms with Gasteiger partial charge in [-0.1, -0.05) is 48.5 Å². The van der Waals surface area contributed by atoms with E-state index >= 15 is 0 Å². The molecule has 3 aromatic carbocycles. The predicted octanol–water partition coefficient (Wildman–Crippen LogP) is 4.31. The molecule has 0 bridgehead atoms. The van der Waals surface area contributed by atoms with Crippen molar-refractivity contribution in [2.24, 2.45) is 0 Å². The second kappa shape index (κ2) is 8.36. The van der Waals surface area contributed by atoms with Crippen molar-refractivity contribution in [3.05, 3.63) is 106 Å². The van der Waals surface area contributed by atoms with Crippen LogP contribution in [0, 0.1) is 13.8 Å². The van der Waals surface area contributed by atoms with Crippen LogP contribution in [0.1, 0.15) is 22.4 Å². The topological polar surface area (TPSA) is 85.6 Å². The molecular weight excluding hydrogens is 426 g/mol. The van der Waals surface area contributed by atoms with Crippen LogP contribution in [0.2, 0.25) is 0 Å². The van der Waals surface area contributed by atoms with Crippen LogP contribution in [0.15, 0.2) is 82.5 Å². The SMILES string of the molecule is Cc1cc(C=Cc2ccc3ccccc3c2)n(OS(=O)(=O)c2ccc(C)c(O)c2)c(=O)c1. The summed E-state index contributed by atoms with van der Waals surface area (Å²) in [6, 6.07) is 20.7. The van der Waals surface area contributed by atoms with E-state index in [4.69, 9.17) is 4.28 Å². The summed E-state index contributed by atoms with van der Waals surface area (Å²) in [5.74, 6) is -0.178. The van der Waals surface area contributed by atoms with E-state index in [0.29, 0.717) is 11.1 Å². The molecule has 0 aliphatic rings. The fourth-order valence-corrected chi connectivity index (χ4v) is 4.22. The maximum absolute atomic E-state index is 12.8. The quantitative estimate of drug-likeness (QED) is 0.493. The zero-order valence-electron chi connectivity index (χ0n) is 17.5. The maximum atomic E-state index is 12.8. The second-order valence-electron chi connectivity index (χ2n) is 7.51. The lowest BCUT2D eigenvalue weighted by molar-refractivity contribution is 0.264. The molecule has 0 aliphatic carbocycles. The molecule has 4 rings (SSSR count). The Morgan fingerprint density at radius 2 is 1.62 bits per heavy atom. The van der Waals surface area contributed by atoms with E-state index in [0.717, 1.165) is 27.1 Å². The molecule has 32 heavy (non-hydrogen) atoms. The summed E-state index contributed by atoms with van der Waals surface area (Å²) >= 11 is 0. The van der Waals surface area contributed by atoms with Crippen LogP contribution in [0.5, 0.6) is 5.75 Å². The highest BCUT2D eigenvalue weighted by Gasteiger charge is 2.20. The zero-order chi connectivity index (χ0) is 22.9. The molecule has 1 heterocycles. The fourth-order valence-electron chi connectivity index (χ4n) is 3.29. The van der Waals surface area contributed by atoms with Gasteiger partial charge in [0.1, 0.15) is 10.6 Å². The van der Waals surface area contributed by atoms with Crippen molar-refractivity contribution in [2.75, 3.05) is 0 Å². The summed E-state index contributed by atoms with van der Waals surface area (Å²) in [5, 5.41) is 12.0. The lowest BCUT2D eigenvalue weighted by Gasteiger charge is -2.12. The van der Waals surface area contributed by atoms with Crippen LogP contribution >= 0.6 is 0 Å². The van der Waals surface area contributed by atoms with Crippen LogP contribution in [0.25, 0.3) is 22.9 Å². The Balaban J connectivity index is 1.72. The van der Waals surface area contributed by atoms with Gasteiger partial charge in [0, 0.05) is 12.1 Å². The molecule has 7 heteroatoms. The molecule has 4 aromatic rings. The van der Waals surface area contributed by atoms with E-state index in [-0.39, 0.29) is 16.3 Å². The highest BCUT2D eigenvalue weighted by molar-refractivity contribution is 7.87. The van der Waals surface area contributed by atoms with Gasteiger partial charge in [-0.2, -0.15) is 8.42 Å². The summed E-state index contributed by atoms with van der Waals surface area (Å²) in [6.45, 7) is 3.39. The van der Waals surface area contributed by atoms with E-state index in [1.807, 2.05) is 42.5 Å². The number of aromatic nitrogens is 1. The molecule has 0 aliphatic heterocycles. The largest absolute Gasteiger partial charge is 0.508 e. The number of rotatable bonds is 5. The number of nitrogens with zero attached hydrogens (tertiary/aromatic N) is 1. The molecule has 1 aromatic heterocycles. The number of benzene rings is 3. The smallest absolute Gasteiger partial charge is 0.357 e. The van der Waals surface area contributed by atoms with Crippen LogP contribution < -0.4 is 9.84 Å². The molecule has 0 radical (unpaired) electrons. The summed E-state index contributed by atoms with van der Waals surface area (Å²) < 4.78 is 31.4. The minimum absolute atomic E-state index is 0.178. The number of hydrogen-bond acceptors (Lipinski definition) is 5. The third kappa shape index (κ3) is 4.43. The van der Waals surface area contributed by atoms with Gasteiger partial charge in [-0.15, -0.1) is 4.73 Å². The molecule has 0 fully saturated rings. The number of phenolic OH excluding ortho intramolecular Hbond substituents is 1. The Bertz CT molecular complexity index is 1520. The third-order valence-electron chi connectivity index (χ3n) is 5.02. The van der Waals surface area contributed by atoms with E-state index in [9.17, 15) is 18.3 Å². The highest BCUT2D eigenvalue weighted by Crippen LogP contribution is 2.22. The van der Waals surface area contributed by atoms with Crippen molar-refractivity contribution in [1.82, 2.24) is 4.73 Å². The Morgan fingerprint density at radius 1 is 0.875 bits per heavy atom. The minimum Gasteiger partial charge on any atom is -0.508 e. The number of fused-ring (bicyclic) bond motifs is 1. The second-order valence-corrected chi connectivity index (χ2v) is 9.04. The molecule has 162 valence electrons. The molecule has 6 nitrogen and oxygen atoms in total. The van der Waals surface area contributed by atoms with Gasteiger partial charge in [0.25, 0.3) is 5.56 Å². The number of phenols is 1. The molecule has 0 saturated heterocycles. The summed E-state index contributed by atoms with van der Waals surface area (Å²) in [4.78, 5) is 12.3. The van der Waals surface area contributed by atoms with Gasteiger partial charge >= 0.3 is 10.1 Å². The zero-order valence-corrected chi connectivity index (χ0v) is 18.3. The first-order chi connectivity index (χ1) is 15.2. The molecule has 0 atom stereocenters. The van der Waals surface area contributed by atoms with Gasteiger partial charge in [0.05, 0.1) is 5.69 Å². The Kier molecular flexibility index (Phi) is 5.59. The summed E-state index contributed by atoms with van der Waals surface area (Å²) in [7, 11) is -4.35. The first kappa shape index (κ1) is 21.4. The lowest BCUT2D eigenvalue weighted by atomic mass is 10.1. The Labute approximate surface area is 185 Å². The molecule has 0 saturated carbocycles. The van der Waals surface area contributed by atoms with Crippen molar-refractivity contribution < 1.29 is 17.8 Å². The Hall–Kier alpha value is -3.84. The number of pyridine rings is 1. The van der Waals surface area contributed by atoms with Gasteiger partial charge in [0.2, 0.25) is 0 Å². The predicted molar refractivity (Wildman–Crippen MR) is 125 cm³/mol. The molecule has 1 N–H and O–H groups in total.